The van der Waals surface area contributed by atoms with E-state index in [0.717, 1.165) is 22.6 Å². The lowest BCUT2D eigenvalue weighted by molar-refractivity contribution is -0.141. The van der Waals surface area contributed by atoms with Gasteiger partial charge in [-0.2, -0.15) is 0 Å². The maximum atomic E-state index is 12.7. The number of thiazole rings is 1. The number of anilines is 1. The number of aromatic nitrogens is 1. The molecule has 0 spiro atoms. The van der Waals surface area contributed by atoms with Gasteiger partial charge in [0.2, 0.25) is 0 Å². The summed E-state index contributed by atoms with van der Waals surface area (Å²) in [5.74, 6) is -1.14. The molecule has 2 rings (SSSR count). The van der Waals surface area contributed by atoms with Gasteiger partial charge in [-0.25, -0.2) is 4.79 Å². The molecule has 8 heteroatoms. The largest absolute Gasteiger partial charge is 0.468 e. The van der Waals surface area contributed by atoms with Crippen LogP contribution in [0.3, 0.4) is 0 Å². The highest BCUT2D eigenvalue weighted by atomic mass is 32.1. The Labute approximate surface area is 160 Å². The highest BCUT2D eigenvalue weighted by Gasteiger charge is 2.11. The molecule has 1 aromatic carbocycles. The summed E-state index contributed by atoms with van der Waals surface area (Å²) in [6.07, 6.45) is 2.94. The Balaban J connectivity index is 2.55. The maximum absolute atomic E-state index is 12.7. The molecule has 0 unspecified atom stereocenters. The van der Waals surface area contributed by atoms with Crippen LogP contribution in [0.5, 0.6) is 0 Å². The summed E-state index contributed by atoms with van der Waals surface area (Å²) < 4.78 is 11.5. The second-order valence-corrected chi connectivity index (χ2v) is 6.86. The first-order valence-electron chi connectivity index (χ1n) is 8.29. The van der Waals surface area contributed by atoms with Crippen LogP contribution in [-0.4, -0.2) is 44.3 Å². The van der Waals surface area contributed by atoms with Crippen LogP contribution in [-0.2, 0) is 25.6 Å². The SMILES string of the molecule is CCOC(=O)/C=c1\s/c(=C\c2ccc(N(C)C)cc2)c(=O)n1CC(=O)OC. The van der Waals surface area contributed by atoms with Gasteiger partial charge in [0.1, 0.15) is 11.2 Å². The van der Waals surface area contributed by atoms with Gasteiger partial charge in [-0.05, 0) is 30.7 Å². The smallest absolute Gasteiger partial charge is 0.333 e. The summed E-state index contributed by atoms with van der Waals surface area (Å²) in [5, 5.41) is 0. The van der Waals surface area contributed by atoms with Crippen molar-refractivity contribution in [2.45, 2.75) is 13.5 Å². The van der Waals surface area contributed by atoms with E-state index in [2.05, 4.69) is 4.74 Å². The van der Waals surface area contributed by atoms with E-state index in [1.807, 2.05) is 43.3 Å². The van der Waals surface area contributed by atoms with Crippen molar-refractivity contribution >= 4 is 41.1 Å². The maximum Gasteiger partial charge on any atom is 0.333 e. The number of hydrogen-bond donors (Lipinski definition) is 0. The number of methoxy groups -OCH3 is 1. The van der Waals surface area contributed by atoms with Crippen LogP contribution >= 0.6 is 11.3 Å². The number of carbonyl (C=O) groups is 2. The van der Waals surface area contributed by atoms with Gasteiger partial charge in [0.05, 0.1) is 24.3 Å². The first kappa shape index (κ1) is 20.4. The van der Waals surface area contributed by atoms with Crippen molar-refractivity contribution in [1.82, 2.24) is 4.57 Å². The topological polar surface area (TPSA) is 77.8 Å². The van der Waals surface area contributed by atoms with Crippen LogP contribution in [0.2, 0.25) is 0 Å². The van der Waals surface area contributed by atoms with Gasteiger partial charge in [0, 0.05) is 19.8 Å². The molecule has 2 aromatic rings. The van der Waals surface area contributed by atoms with Gasteiger partial charge in [-0.15, -0.1) is 11.3 Å². The third-order valence-corrected chi connectivity index (χ3v) is 4.75. The van der Waals surface area contributed by atoms with E-state index in [4.69, 9.17) is 4.74 Å². The fourth-order valence-corrected chi connectivity index (χ4v) is 3.32. The zero-order valence-corrected chi connectivity index (χ0v) is 16.5. The normalized spacial score (nSPS) is 12.1. The van der Waals surface area contributed by atoms with E-state index in [9.17, 15) is 14.4 Å². The van der Waals surface area contributed by atoms with Crippen molar-refractivity contribution in [1.29, 1.82) is 0 Å². The molecular formula is C19H22N2O5S. The van der Waals surface area contributed by atoms with Gasteiger partial charge in [-0.1, -0.05) is 12.1 Å². The Morgan fingerprint density at radius 2 is 1.89 bits per heavy atom. The lowest BCUT2D eigenvalue weighted by Gasteiger charge is -2.11. The molecule has 0 atom stereocenters. The summed E-state index contributed by atoms with van der Waals surface area (Å²) in [7, 11) is 5.13. The van der Waals surface area contributed by atoms with Crippen LogP contribution in [0, 0.1) is 0 Å². The van der Waals surface area contributed by atoms with Gasteiger partial charge >= 0.3 is 11.9 Å². The lowest BCUT2D eigenvalue weighted by Crippen LogP contribution is -2.34. The molecule has 0 saturated carbocycles. The lowest BCUT2D eigenvalue weighted by atomic mass is 10.2. The number of ether oxygens (including phenoxy) is 2. The number of esters is 2. The minimum absolute atomic E-state index is 0.221. The Morgan fingerprint density at radius 1 is 1.22 bits per heavy atom. The van der Waals surface area contributed by atoms with Crippen molar-refractivity contribution in [2.24, 2.45) is 0 Å². The van der Waals surface area contributed by atoms with Crippen molar-refractivity contribution in [3.63, 3.8) is 0 Å². The van der Waals surface area contributed by atoms with Crippen molar-refractivity contribution in [3.8, 4) is 0 Å². The zero-order valence-electron chi connectivity index (χ0n) is 15.7. The van der Waals surface area contributed by atoms with Gasteiger partial charge < -0.3 is 14.4 Å². The first-order chi connectivity index (χ1) is 12.8. The summed E-state index contributed by atoms with van der Waals surface area (Å²) >= 11 is 1.12. The third-order valence-electron chi connectivity index (χ3n) is 3.69. The van der Waals surface area contributed by atoms with Crippen LogP contribution in [0.15, 0.2) is 29.1 Å². The molecule has 27 heavy (non-hydrogen) atoms. The standard InChI is InChI=1S/C19H22N2O5S/c1-5-26-17(22)11-16-21(12-18(23)25-4)19(24)15(27-16)10-13-6-8-14(9-7-13)20(2)3/h6-11H,5,12H2,1-4H3/b15-10-,16-11-. The van der Waals surface area contributed by atoms with Gasteiger partial charge in [0.25, 0.3) is 5.56 Å². The van der Waals surface area contributed by atoms with Crippen LogP contribution in [0.4, 0.5) is 5.69 Å². The van der Waals surface area contributed by atoms with E-state index < -0.39 is 11.9 Å². The predicted molar refractivity (Wildman–Crippen MR) is 105 cm³/mol. The highest BCUT2D eigenvalue weighted by Crippen LogP contribution is 2.12. The van der Waals surface area contributed by atoms with E-state index in [-0.39, 0.29) is 18.7 Å². The second kappa shape index (κ2) is 9.18. The summed E-state index contributed by atoms with van der Waals surface area (Å²) in [6.45, 7) is 1.64. The van der Waals surface area contributed by atoms with Gasteiger partial charge in [0.15, 0.2) is 0 Å². The molecule has 0 aliphatic carbocycles. The average Bonchev–Trinajstić information content (AvgIpc) is 2.91. The van der Waals surface area contributed by atoms with Crippen LogP contribution < -0.4 is 19.7 Å². The molecule has 1 heterocycles. The monoisotopic (exact) mass is 390 g/mol. The van der Waals surface area contributed by atoms with Crippen molar-refractivity contribution in [2.75, 3.05) is 32.7 Å². The molecule has 0 bridgehead atoms. The minimum Gasteiger partial charge on any atom is -0.468 e. The second-order valence-electron chi connectivity index (χ2n) is 5.80. The Bertz CT molecular complexity index is 987. The average molecular weight is 390 g/mol. The van der Waals surface area contributed by atoms with E-state index in [1.54, 1.807) is 13.0 Å². The highest BCUT2D eigenvalue weighted by molar-refractivity contribution is 7.07. The molecule has 1 aromatic heterocycles. The molecule has 0 aliphatic heterocycles. The number of carbonyl (C=O) groups excluding carboxylic acids is 2. The molecule has 0 saturated heterocycles. The van der Waals surface area contributed by atoms with E-state index in [0.29, 0.717) is 9.20 Å². The Hall–Kier alpha value is -2.87. The van der Waals surface area contributed by atoms with Crippen LogP contribution in [0.25, 0.3) is 12.2 Å². The summed E-state index contributed by atoms with van der Waals surface area (Å²) in [6, 6.07) is 7.68. The molecule has 0 radical (unpaired) electrons. The molecule has 7 nitrogen and oxygen atoms in total. The molecule has 0 N–H and O–H groups in total. The summed E-state index contributed by atoms with van der Waals surface area (Å²) in [4.78, 5) is 38.1. The number of benzene rings is 1. The number of hydrogen-bond acceptors (Lipinski definition) is 7. The van der Waals surface area contributed by atoms with Crippen molar-refractivity contribution < 1.29 is 19.1 Å². The quantitative estimate of drug-likeness (QED) is 0.661. The fourth-order valence-electron chi connectivity index (χ4n) is 2.29. The number of rotatable bonds is 6. The van der Waals surface area contributed by atoms with Crippen molar-refractivity contribution in [3.05, 3.63) is 49.4 Å². The molecule has 0 aliphatic rings. The van der Waals surface area contributed by atoms with Crippen LogP contribution in [0.1, 0.15) is 12.5 Å². The Morgan fingerprint density at radius 3 is 2.44 bits per heavy atom. The number of nitrogens with zero attached hydrogens (tertiary/aromatic N) is 2. The predicted octanol–water partition coefficient (Wildman–Crippen LogP) is 0.321. The Kier molecular flexibility index (Phi) is 6.95. The van der Waals surface area contributed by atoms with E-state index >= 15 is 0 Å². The summed E-state index contributed by atoms with van der Waals surface area (Å²) in [5.41, 5.74) is 1.52. The first-order valence-corrected chi connectivity index (χ1v) is 9.11. The minimum atomic E-state index is -0.574. The zero-order chi connectivity index (χ0) is 20.0. The fraction of sp³-hybridized carbons (Fsp3) is 0.316. The third kappa shape index (κ3) is 5.30. The molecule has 0 amide bonds. The molecule has 0 fully saturated rings. The van der Waals surface area contributed by atoms with E-state index in [1.165, 1.54) is 17.8 Å². The molecular weight excluding hydrogens is 368 g/mol. The molecule has 144 valence electrons. The van der Waals surface area contributed by atoms with Gasteiger partial charge in [-0.3, -0.25) is 14.2 Å².